The Labute approximate surface area is 385 Å². The Morgan fingerprint density at radius 2 is 0.629 bits per heavy atom. The zero-order chi connectivity index (χ0) is 45.1. The fraction of sp³-hybridized carbons (Fsp3) is 0.875. The van der Waals surface area contributed by atoms with Gasteiger partial charge < -0.3 is 14.2 Å². The highest BCUT2D eigenvalue weighted by Crippen LogP contribution is 2.17. The van der Waals surface area contributed by atoms with E-state index >= 15 is 0 Å². The molecule has 0 saturated heterocycles. The van der Waals surface area contributed by atoms with Gasteiger partial charge in [-0.2, -0.15) is 0 Å². The fourth-order valence-electron chi connectivity index (χ4n) is 8.13. The molecule has 0 N–H and O–H groups in total. The molecule has 0 aliphatic carbocycles. The second-order valence-corrected chi connectivity index (χ2v) is 18.5. The Morgan fingerprint density at radius 1 is 0.339 bits per heavy atom. The molecular formula is C56H104O6. The molecule has 0 rings (SSSR count). The van der Waals surface area contributed by atoms with Crippen molar-refractivity contribution in [2.75, 3.05) is 13.2 Å². The van der Waals surface area contributed by atoms with Crippen LogP contribution in [-0.4, -0.2) is 37.2 Å². The van der Waals surface area contributed by atoms with Crippen LogP contribution in [0.1, 0.15) is 297 Å². The van der Waals surface area contributed by atoms with Crippen molar-refractivity contribution < 1.29 is 28.6 Å². The fourth-order valence-corrected chi connectivity index (χ4v) is 8.13. The van der Waals surface area contributed by atoms with E-state index in [4.69, 9.17) is 14.2 Å². The predicted molar refractivity (Wildman–Crippen MR) is 266 cm³/mol. The summed E-state index contributed by atoms with van der Waals surface area (Å²) < 4.78 is 16.8. The van der Waals surface area contributed by atoms with E-state index < -0.39 is 6.10 Å². The van der Waals surface area contributed by atoms with Crippen LogP contribution in [0.5, 0.6) is 0 Å². The van der Waals surface area contributed by atoms with Gasteiger partial charge in [-0.15, -0.1) is 0 Å². The summed E-state index contributed by atoms with van der Waals surface area (Å²) in [6, 6.07) is 0. The summed E-state index contributed by atoms with van der Waals surface area (Å²) in [6.07, 6.45) is 58.8. The van der Waals surface area contributed by atoms with Gasteiger partial charge in [-0.25, -0.2) is 0 Å². The van der Waals surface area contributed by atoms with E-state index in [1.165, 1.54) is 180 Å². The zero-order valence-corrected chi connectivity index (χ0v) is 41.7. The third-order valence-corrected chi connectivity index (χ3v) is 12.2. The minimum atomic E-state index is -0.769. The van der Waals surface area contributed by atoms with Crippen molar-refractivity contribution in [2.45, 2.75) is 303 Å². The maximum absolute atomic E-state index is 12.8. The lowest BCUT2D eigenvalue weighted by Crippen LogP contribution is -2.30. The summed E-state index contributed by atoms with van der Waals surface area (Å²) in [5, 5.41) is 0. The van der Waals surface area contributed by atoms with Crippen LogP contribution in [0.4, 0.5) is 0 Å². The van der Waals surface area contributed by atoms with Gasteiger partial charge in [-0.1, -0.05) is 257 Å². The first-order valence-corrected chi connectivity index (χ1v) is 27.3. The molecule has 0 fully saturated rings. The number of hydrogen-bond donors (Lipinski definition) is 0. The number of carbonyl (C=O) groups is 3. The van der Waals surface area contributed by atoms with Crippen LogP contribution in [0.3, 0.4) is 0 Å². The zero-order valence-electron chi connectivity index (χ0n) is 41.7. The molecular weight excluding hydrogens is 769 g/mol. The molecule has 0 aromatic carbocycles. The van der Waals surface area contributed by atoms with E-state index in [0.717, 1.165) is 77.0 Å². The van der Waals surface area contributed by atoms with E-state index in [1.54, 1.807) is 0 Å². The Hall–Kier alpha value is -2.11. The molecule has 364 valence electrons. The first-order valence-electron chi connectivity index (χ1n) is 27.3. The number of rotatable bonds is 50. The average molecular weight is 873 g/mol. The Kier molecular flexibility index (Phi) is 49.8. The van der Waals surface area contributed by atoms with E-state index in [0.29, 0.717) is 19.3 Å². The number of allylic oxidation sites excluding steroid dienone is 4. The monoisotopic (exact) mass is 873 g/mol. The molecule has 0 aromatic rings. The van der Waals surface area contributed by atoms with Crippen molar-refractivity contribution in [3.05, 3.63) is 24.3 Å². The molecule has 6 nitrogen and oxygen atoms in total. The molecule has 0 aliphatic rings. The van der Waals surface area contributed by atoms with Gasteiger partial charge in [0.25, 0.3) is 0 Å². The molecule has 0 saturated carbocycles. The highest BCUT2D eigenvalue weighted by Gasteiger charge is 2.19. The van der Waals surface area contributed by atoms with E-state index in [2.05, 4.69) is 45.1 Å². The van der Waals surface area contributed by atoms with Crippen molar-refractivity contribution in [1.29, 1.82) is 0 Å². The van der Waals surface area contributed by atoms with Gasteiger partial charge in [0.2, 0.25) is 0 Å². The van der Waals surface area contributed by atoms with Crippen LogP contribution in [0, 0.1) is 0 Å². The van der Waals surface area contributed by atoms with Crippen molar-refractivity contribution in [2.24, 2.45) is 0 Å². The topological polar surface area (TPSA) is 78.9 Å². The van der Waals surface area contributed by atoms with Gasteiger partial charge in [0.05, 0.1) is 0 Å². The number of esters is 3. The number of carbonyl (C=O) groups excluding carboxylic acids is 3. The molecule has 62 heavy (non-hydrogen) atoms. The predicted octanol–water partition coefficient (Wildman–Crippen LogP) is 17.9. The van der Waals surface area contributed by atoms with Gasteiger partial charge in [-0.05, 0) is 44.9 Å². The molecule has 0 aromatic heterocycles. The second-order valence-electron chi connectivity index (χ2n) is 18.5. The van der Waals surface area contributed by atoms with Gasteiger partial charge in [0, 0.05) is 19.3 Å². The molecule has 1 atom stereocenters. The van der Waals surface area contributed by atoms with Crippen molar-refractivity contribution in [3.8, 4) is 0 Å². The Morgan fingerprint density at radius 3 is 0.968 bits per heavy atom. The van der Waals surface area contributed by atoms with Crippen LogP contribution < -0.4 is 0 Å². The number of ether oxygens (including phenoxy) is 3. The normalized spacial score (nSPS) is 12.1. The van der Waals surface area contributed by atoms with Gasteiger partial charge in [-0.3, -0.25) is 14.4 Å². The van der Waals surface area contributed by atoms with Crippen LogP contribution in [0.25, 0.3) is 0 Å². The van der Waals surface area contributed by atoms with Crippen molar-refractivity contribution >= 4 is 17.9 Å². The maximum Gasteiger partial charge on any atom is 0.306 e. The minimum Gasteiger partial charge on any atom is -0.462 e. The molecule has 0 spiro atoms. The molecule has 0 heterocycles. The molecule has 0 amide bonds. The molecule has 0 radical (unpaired) electrons. The minimum absolute atomic E-state index is 0.0693. The summed E-state index contributed by atoms with van der Waals surface area (Å²) in [5.41, 5.74) is 0. The highest BCUT2D eigenvalue weighted by molar-refractivity contribution is 5.71. The summed E-state index contributed by atoms with van der Waals surface area (Å²) in [5.74, 6) is -0.860. The Bertz CT molecular complexity index is 1000. The lowest BCUT2D eigenvalue weighted by atomic mass is 10.0. The van der Waals surface area contributed by atoms with E-state index in [-0.39, 0.29) is 31.1 Å². The van der Waals surface area contributed by atoms with Crippen LogP contribution in [0.2, 0.25) is 0 Å². The molecule has 0 aliphatic heterocycles. The molecule has 6 heteroatoms. The van der Waals surface area contributed by atoms with E-state index in [9.17, 15) is 14.4 Å². The van der Waals surface area contributed by atoms with Gasteiger partial charge in [0.1, 0.15) is 13.2 Å². The second kappa shape index (κ2) is 51.5. The first kappa shape index (κ1) is 59.9. The molecule has 1 unspecified atom stereocenters. The number of unbranched alkanes of at least 4 members (excludes halogenated alkanes) is 35. The van der Waals surface area contributed by atoms with Gasteiger partial charge >= 0.3 is 17.9 Å². The SMILES string of the molecule is CC/C=C\C/C=C\CCCCCCCCCC(=O)OC(COC(=O)CCCCCCCCCCCCCC)COC(=O)CCCCCCCCCCCCCCCCCCCC. The third kappa shape index (κ3) is 48.9. The van der Waals surface area contributed by atoms with Crippen LogP contribution in [0.15, 0.2) is 24.3 Å². The average Bonchev–Trinajstić information content (AvgIpc) is 3.27. The summed E-state index contributed by atoms with van der Waals surface area (Å²) in [4.78, 5) is 38.0. The summed E-state index contributed by atoms with van der Waals surface area (Å²) >= 11 is 0. The Balaban J connectivity index is 4.29. The summed E-state index contributed by atoms with van der Waals surface area (Å²) in [6.45, 7) is 6.57. The quantitative estimate of drug-likeness (QED) is 0.0262. The standard InChI is InChI=1S/C56H104O6/c1-4-7-10-13-16-19-22-25-27-28-29-30-32-34-37-40-43-46-49-55(58)61-52-53(51-60-54(57)48-45-42-39-36-33-24-21-18-15-12-9-6-3)62-56(59)50-47-44-41-38-35-31-26-23-20-17-14-11-8-5-2/h8,11,17,20,53H,4-7,9-10,12-16,18-19,21-52H2,1-3H3/b11-8-,20-17-. The first-order chi connectivity index (χ1) is 30.5. The van der Waals surface area contributed by atoms with E-state index in [1.807, 2.05) is 0 Å². The smallest absolute Gasteiger partial charge is 0.306 e. The lowest BCUT2D eigenvalue weighted by Gasteiger charge is -2.18. The number of hydrogen-bond acceptors (Lipinski definition) is 6. The molecule has 0 bridgehead atoms. The third-order valence-electron chi connectivity index (χ3n) is 12.2. The highest BCUT2D eigenvalue weighted by atomic mass is 16.6. The lowest BCUT2D eigenvalue weighted by molar-refractivity contribution is -0.167. The summed E-state index contributed by atoms with van der Waals surface area (Å²) in [7, 11) is 0. The maximum atomic E-state index is 12.8. The van der Waals surface area contributed by atoms with Crippen LogP contribution in [-0.2, 0) is 28.6 Å². The van der Waals surface area contributed by atoms with Crippen LogP contribution >= 0.6 is 0 Å². The largest absolute Gasteiger partial charge is 0.462 e. The van der Waals surface area contributed by atoms with Crippen molar-refractivity contribution in [1.82, 2.24) is 0 Å². The van der Waals surface area contributed by atoms with Gasteiger partial charge in [0.15, 0.2) is 6.10 Å². The van der Waals surface area contributed by atoms with Crippen molar-refractivity contribution in [3.63, 3.8) is 0 Å².